The first-order chi connectivity index (χ1) is 16.1. The fraction of sp³-hybridized carbons (Fsp3) is 0. The topological polar surface area (TPSA) is 71.5 Å². The summed E-state index contributed by atoms with van der Waals surface area (Å²) in [6.45, 7) is 0. The first-order valence-electron chi connectivity index (χ1n) is 10.3. The van der Waals surface area contributed by atoms with E-state index in [0.29, 0.717) is 5.69 Å². The summed E-state index contributed by atoms with van der Waals surface area (Å²) in [6.07, 6.45) is 0. The molecule has 5 nitrogen and oxygen atoms in total. The number of hydrogen-bond donors (Lipinski definition) is 0. The molecule has 0 saturated carbocycles. The van der Waals surface area contributed by atoms with Gasteiger partial charge in [0, 0.05) is 16.9 Å². The summed E-state index contributed by atoms with van der Waals surface area (Å²) >= 11 is 0. The predicted molar refractivity (Wildman–Crippen MR) is 126 cm³/mol. The fourth-order valence-corrected chi connectivity index (χ4v) is 3.49. The molecule has 0 amide bonds. The Morgan fingerprint density at radius 2 is 0.879 bits per heavy atom. The van der Waals surface area contributed by atoms with Gasteiger partial charge < -0.3 is 4.90 Å². The average Bonchev–Trinajstić information content (AvgIpc) is 2.89. The quantitative estimate of drug-likeness (QED) is 0.213. The highest BCUT2D eigenvalue weighted by molar-refractivity contribution is 6.81. The number of anilines is 3. The van der Waals surface area contributed by atoms with Gasteiger partial charge in [-0.2, -0.15) is 0 Å². The SMILES string of the molecule is O=C(C(=O)C(=O)c1ccccc1N(c1ccccc1)c1ccccc1)C(=O)c1ccccc1. The minimum atomic E-state index is -1.36. The summed E-state index contributed by atoms with van der Waals surface area (Å²) in [7, 11) is 0. The van der Waals surface area contributed by atoms with Crippen LogP contribution in [-0.2, 0) is 9.59 Å². The van der Waals surface area contributed by atoms with Crippen LogP contribution in [0.2, 0.25) is 0 Å². The van der Waals surface area contributed by atoms with Crippen molar-refractivity contribution in [2.45, 2.75) is 0 Å². The number of para-hydroxylation sites is 3. The van der Waals surface area contributed by atoms with Crippen LogP contribution in [0.25, 0.3) is 0 Å². The van der Waals surface area contributed by atoms with Crippen LogP contribution in [0.1, 0.15) is 20.7 Å². The van der Waals surface area contributed by atoms with E-state index in [1.807, 2.05) is 65.6 Å². The molecule has 4 rings (SSSR count). The van der Waals surface area contributed by atoms with E-state index in [1.54, 1.807) is 36.4 Å². The van der Waals surface area contributed by atoms with Crippen LogP contribution in [0.15, 0.2) is 115 Å². The van der Waals surface area contributed by atoms with Gasteiger partial charge in [-0.1, -0.05) is 78.9 Å². The van der Waals surface area contributed by atoms with Crippen molar-refractivity contribution >= 4 is 40.2 Å². The molecule has 0 unspecified atom stereocenters. The van der Waals surface area contributed by atoms with Crippen molar-refractivity contribution in [3.8, 4) is 0 Å². The Balaban J connectivity index is 1.74. The molecular formula is C28H19NO4. The number of benzene rings is 4. The van der Waals surface area contributed by atoms with Crippen molar-refractivity contribution in [3.05, 3.63) is 126 Å². The highest BCUT2D eigenvalue weighted by atomic mass is 16.2. The minimum Gasteiger partial charge on any atom is -0.310 e. The van der Waals surface area contributed by atoms with Gasteiger partial charge in [0.15, 0.2) is 0 Å². The third-order valence-electron chi connectivity index (χ3n) is 5.07. The lowest BCUT2D eigenvalue weighted by Crippen LogP contribution is -2.31. The Morgan fingerprint density at radius 1 is 0.455 bits per heavy atom. The molecule has 0 saturated heterocycles. The maximum absolute atomic E-state index is 13.2. The molecule has 4 aromatic rings. The summed E-state index contributed by atoms with van der Waals surface area (Å²) in [5, 5.41) is 0. The summed E-state index contributed by atoms with van der Waals surface area (Å²) in [6, 6.07) is 33.0. The summed E-state index contributed by atoms with van der Waals surface area (Å²) in [5.41, 5.74) is 2.05. The van der Waals surface area contributed by atoms with Crippen LogP contribution in [0.4, 0.5) is 17.1 Å². The summed E-state index contributed by atoms with van der Waals surface area (Å²) in [5.74, 6) is -4.75. The zero-order valence-corrected chi connectivity index (χ0v) is 17.5. The Kier molecular flexibility index (Phi) is 6.32. The number of carbonyl (C=O) groups is 4. The van der Waals surface area contributed by atoms with Crippen LogP contribution in [0.3, 0.4) is 0 Å². The standard InChI is InChI=1S/C28H19NO4/c30-25(20-12-4-1-5-13-20)27(32)28(33)26(31)23-18-10-11-19-24(23)29(21-14-6-2-7-15-21)22-16-8-3-9-17-22/h1-19H. The highest BCUT2D eigenvalue weighted by Gasteiger charge is 2.32. The monoisotopic (exact) mass is 433 g/mol. The van der Waals surface area contributed by atoms with Gasteiger partial charge in [-0.25, -0.2) is 0 Å². The Bertz CT molecular complexity index is 1280. The molecule has 5 heteroatoms. The molecule has 0 bridgehead atoms. The Labute approximate surface area is 190 Å². The summed E-state index contributed by atoms with van der Waals surface area (Å²) < 4.78 is 0. The van der Waals surface area contributed by atoms with Gasteiger partial charge in [0.25, 0.3) is 11.6 Å². The molecule has 0 aliphatic heterocycles. The molecule has 0 radical (unpaired) electrons. The third-order valence-corrected chi connectivity index (χ3v) is 5.07. The molecule has 0 heterocycles. The van der Waals surface area contributed by atoms with E-state index in [4.69, 9.17) is 0 Å². The van der Waals surface area contributed by atoms with Gasteiger partial charge in [-0.15, -0.1) is 0 Å². The molecule has 0 fully saturated rings. The zero-order chi connectivity index (χ0) is 23.2. The smallest absolute Gasteiger partial charge is 0.277 e. The summed E-state index contributed by atoms with van der Waals surface area (Å²) in [4.78, 5) is 52.7. The lowest BCUT2D eigenvalue weighted by molar-refractivity contribution is -0.131. The van der Waals surface area contributed by atoms with E-state index < -0.39 is 23.1 Å². The van der Waals surface area contributed by atoms with Crippen LogP contribution in [-0.4, -0.2) is 23.1 Å². The molecule has 4 aromatic carbocycles. The maximum Gasteiger partial charge on any atom is 0.277 e. The lowest BCUT2D eigenvalue weighted by Gasteiger charge is -2.27. The van der Waals surface area contributed by atoms with Crippen LogP contribution in [0.5, 0.6) is 0 Å². The van der Waals surface area contributed by atoms with E-state index in [0.717, 1.165) is 11.4 Å². The third kappa shape index (κ3) is 4.52. The molecular weight excluding hydrogens is 414 g/mol. The van der Waals surface area contributed by atoms with Gasteiger partial charge in [0.2, 0.25) is 11.6 Å². The van der Waals surface area contributed by atoms with Crippen molar-refractivity contribution in [2.24, 2.45) is 0 Å². The molecule has 33 heavy (non-hydrogen) atoms. The number of nitrogens with zero attached hydrogens (tertiary/aromatic N) is 1. The van der Waals surface area contributed by atoms with E-state index in [1.165, 1.54) is 18.2 Å². The Hall–Kier alpha value is -4.64. The minimum absolute atomic E-state index is 0.0319. The second-order valence-electron chi connectivity index (χ2n) is 7.21. The number of carbonyl (C=O) groups excluding carboxylic acids is 4. The van der Waals surface area contributed by atoms with Gasteiger partial charge in [0.05, 0.1) is 11.3 Å². The predicted octanol–water partition coefficient (Wildman–Crippen LogP) is 5.36. The first-order valence-corrected chi connectivity index (χ1v) is 10.3. The fourth-order valence-electron chi connectivity index (χ4n) is 3.49. The van der Waals surface area contributed by atoms with E-state index >= 15 is 0 Å². The van der Waals surface area contributed by atoms with Crippen LogP contribution >= 0.6 is 0 Å². The van der Waals surface area contributed by atoms with Crippen molar-refractivity contribution in [1.82, 2.24) is 0 Å². The van der Waals surface area contributed by atoms with Crippen molar-refractivity contribution in [3.63, 3.8) is 0 Å². The zero-order valence-electron chi connectivity index (χ0n) is 17.5. The average molecular weight is 433 g/mol. The Morgan fingerprint density at radius 3 is 1.42 bits per heavy atom. The molecule has 0 atom stereocenters. The van der Waals surface area contributed by atoms with E-state index in [9.17, 15) is 19.2 Å². The van der Waals surface area contributed by atoms with Crippen LogP contribution in [0, 0.1) is 0 Å². The van der Waals surface area contributed by atoms with Gasteiger partial charge in [0.1, 0.15) is 0 Å². The van der Waals surface area contributed by atoms with Crippen LogP contribution < -0.4 is 4.90 Å². The number of hydrogen-bond acceptors (Lipinski definition) is 5. The van der Waals surface area contributed by atoms with Crippen molar-refractivity contribution < 1.29 is 19.2 Å². The van der Waals surface area contributed by atoms with Gasteiger partial charge >= 0.3 is 0 Å². The molecule has 0 aromatic heterocycles. The molecule has 0 aliphatic carbocycles. The molecule has 0 spiro atoms. The second-order valence-corrected chi connectivity index (χ2v) is 7.21. The number of Topliss-reactive ketones (excluding diaryl/α,β-unsaturated/α-hetero) is 4. The normalized spacial score (nSPS) is 10.3. The first kappa shape index (κ1) is 21.6. The maximum atomic E-state index is 13.2. The molecule has 160 valence electrons. The second kappa shape index (κ2) is 9.66. The highest BCUT2D eigenvalue weighted by Crippen LogP contribution is 2.36. The number of ketones is 4. The van der Waals surface area contributed by atoms with Crippen molar-refractivity contribution in [2.75, 3.05) is 4.90 Å². The lowest BCUT2D eigenvalue weighted by atomic mass is 9.97. The molecule has 0 N–H and O–H groups in total. The van der Waals surface area contributed by atoms with E-state index in [2.05, 4.69) is 0 Å². The van der Waals surface area contributed by atoms with Crippen molar-refractivity contribution in [1.29, 1.82) is 0 Å². The molecule has 0 aliphatic rings. The largest absolute Gasteiger partial charge is 0.310 e. The van der Waals surface area contributed by atoms with E-state index in [-0.39, 0.29) is 11.1 Å². The van der Waals surface area contributed by atoms with Gasteiger partial charge in [-0.05, 0) is 36.4 Å². The number of rotatable bonds is 8. The van der Waals surface area contributed by atoms with Gasteiger partial charge in [-0.3, -0.25) is 19.2 Å².